The van der Waals surface area contributed by atoms with E-state index in [0.717, 1.165) is 11.3 Å². The highest BCUT2D eigenvalue weighted by Gasteiger charge is 2.30. The smallest absolute Gasteiger partial charge is 0.320 e. The molecule has 1 aliphatic rings. The fraction of sp³-hybridized carbons (Fsp3) is 0. The van der Waals surface area contributed by atoms with Gasteiger partial charge in [0.25, 0.3) is 5.91 Å². The molecular formula is C19H9ClN2O5S. The van der Waals surface area contributed by atoms with E-state index >= 15 is 0 Å². The minimum absolute atomic E-state index is 0.0821. The molecule has 28 heavy (non-hydrogen) atoms. The van der Waals surface area contributed by atoms with Crippen LogP contribution in [0.4, 0.5) is 10.7 Å². The van der Waals surface area contributed by atoms with Gasteiger partial charge < -0.3 is 5.32 Å². The summed E-state index contributed by atoms with van der Waals surface area (Å²) in [5.41, 5.74) is 1.04. The molecular weight excluding hydrogens is 404 g/mol. The van der Waals surface area contributed by atoms with E-state index in [0.29, 0.717) is 5.56 Å². The van der Waals surface area contributed by atoms with Gasteiger partial charge in [-0.2, -0.15) is 0 Å². The van der Waals surface area contributed by atoms with Gasteiger partial charge in [-0.3, -0.25) is 24.5 Å². The Morgan fingerprint density at radius 2 is 1.57 bits per heavy atom. The maximum Gasteiger partial charge on any atom is 0.324 e. The number of rotatable bonds is 3. The van der Waals surface area contributed by atoms with Gasteiger partial charge in [0.2, 0.25) is 0 Å². The molecule has 0 spiro atoms. The third-order valence-electron chi connectivity index (χ3n) is 4.26. The molecule has 0 fully saturated rings. The molecule has 0 atom stereocenters. The van der Waals surface area contributed by atoms with Crippen LogP contribution in [0.2, 0.25) is 5.02 Å². The summed E-state index contributed by atoms with van der Waals surface area (Å²) in [6.07, 6.45) is 0. The Labute approximate surface area is 166 Å². The van der Waals surface area contributed by atoms with Crippen molar-refractivity contribution in [1.29, 1.82) is 0 Å². The fourth-order valence-corrected chi connectivity index (χ4v) is 3.87. The highest BCUT2D eigenvalue weighted by atomic mass is 35.5. The second-order valence-corrected chi connectivity index (χ2v) is 7.40. The number of anilines is 1. The third-order valence-corrected chi connectivity index (χ3v) is 5.60. The van der Waals surface area contributed by atoms with Crippen LogP contribution in [-0.2, 0) is 0 Å². The molecule has 0 unspecified atom stereocenters. The predicted molar refractivity (Wildman–Crippen MR) is 104 cm³/mol. The summed E-state index contributed by atoms with van der Waals surface area (Å²) in [5.74, 6) is -1.27. The predicted octanol–water partition coefficient (Wildman–Crippen LogP) is 4.34. The molecule has 0 aliphatic heterocycles. The molecule has 4 rings (SSSR count). The summed E-state index contributed by atoms with van der Waals surface area (Å²) < 4.78 is 0. The van der Waals surface area contributed by atoms with Gasteiger partial charge in [0.15, 0.2) is 11.6 Å². The number of fused-ring (bicyclic) bond motifs is 2. The number of nitrogens with one attached hydrogen (secondary N) is 1. The zero-order valence-electron chi connectivity index (χ0n) is 13.9. The highest BCUT2D eigenvalue weighted by molar-refractivity contribution is 7.17. The first kappa shape index (κ1) is 18.0. The number of nitro groups is 1. The van der Waals surface area contributed by atoms with E-state index in [-0.39, 0.29) is 48.8 Å². The van der Waals surface area contributed by atoms with Crippen LogP contribution in [0.25, 0.3) is 0 Å². The average Bonchev–Trinajstić information content (AvgIpc) is 3.18. The Balaban J connectivity index is 1.70. The van der Waals surface area contributed by atoms with Gasteiger partial charge in [0.1, 0.15) is 0 Å². The molecule has 0 saturated heterocycles. The van der Waals surface area contributed by atoms with Gasteiger partial charge in [0, 0.05) is 28.3 Å². The number of halogens is 1. The fourth-order valence-electron chi connectivity index (χ4n) is 2.95. The van der Waals surface area contributed by atoms with Crippen LogP contribution in [0.3, 0.4) is 0 Å². The molecule has 1 heterocycles. The first-order valence-electron chi connectivity index (χ1n) is 7.94. The minimum Gasteiger partial charge on any atom is -0.320 e. The molecule has 138 valence electrons. The van der Waals surface area contributed by atoms with Crippen LogP contribution in [0, 0.1) is 10.1 Å². The Morgan fingerprint density at radius 3 is 2.14 bits per heavy atom. The largest absolute Gasteiger partial charge is 0.324 e. The molecule has 0 saturated carbocycles. The quantitative estimate of drug-likeness (QED) is 0.398. The number of carbonyl (C=O) groups excluding carboxylic acids is 3. The summed E-state index contributed by atoms with van der Waals surface area (Å²) in [5, 5.41) is 13.2. The zero-order valence-corrected chi connectivity index (χ0v) is 15.5. The minimum atomic E-state index is -0.602. The number of nitrogens with zero attached hydrogens (tertiary/aromatic N) is 1. The van der Waals surface area contributed by atoms with Crippen LogP contribution >= 0.6 is 22.9 Å². The number of hydrogen-bond acceptors (Lipinski definition) is 6. The number of ketones is 2. The Morgan fingerprint density at radius 1 is 0.964 bits per heavy atom. The molecule has 9 heteroatoms. The number of carbonyl (C=O) groups is 3. The van der Waals surface area contributed by atoms with Crippen LogP contribution in [0.15, 0.2) is 48.5 Å². The highest BCUT2D eigenvalue weighted by Crippen LogP contribution is 2.34. The Bertz CT molecular complexity index is 1200. The number of amides is 1. The molecule has 1 aliphatic carbocycles. The molecule has 0 radical (unpaired) electrons. The maximum absolute atomic E-state index is 12.8. The second kappa shape index (κ2) is 6.66. The van der Waals surface area contributed by atoms with Crippen molar-refractivity contribution in [1.82, 2.24) is 0 Å². The van der Waals surface area contributed by atoms with Crippen molar-refractivity contribution in [2.45, 2.75) is 0 Å². The third kappa shape index (κ3) is 2.88. The molecule has 2 aromatic carbocycles. The number of benzene rings is 2. The Hall–Kier alpha value is -3.36. The van der Waals surface area contributed by atoms with Crippen molar-refractivity contribution in [3.05, 3.63) is 90.8 Å². The molecule has 3 aromatic rings. The van der Waals surface area contributed by atoms with Crippen molar-refractivity contribution in [3.63, 3.8) is 0 Å². The summed E-state index contributed by atoms with van der Waals surface area (Å²) in [6, 6.07) is 11.7. The van der Waals surface area contributed by atoms with Crippen molar-refractivity contribution < 1.29 is 19.3 Å². The second-order valence-electron chi connectivity index (χ2n) is 5.93. The zero-order chi connectivity index (χ0) is 20.0. The van der Waals surface area contributed by atoms with Crippen LogP contribution < -0.4 is 5.32 Å². The standard InChI is InChI=1S/C19H9ClN2O5S/c20-13-7-11-12(18(24)10-4-2-1-3-9(10)17(11)23)8-14(13)21-19(25)15-5-6-16(28-15)22(26)27/h1-8H,(H,21,25). The van der Waals surface area contributed by atoms with Gasteiger partial charge in [-0.25, -0.2) is 0 Å². The van der Waals surface area contributed by atoms with Gasteiger partial charge in [-0.05, 0) is 18.2 Å². The molecule has 1 aromatic heterocycles. The number of hydrogen-bond donors (Lipinski definition) is 1. The topological polar surface area (TPSA) is 106 Å². The summed E-state index contributed by atoms with van der Waals surface area (Å²) >= 11 is 6.92. The lowest BCUT2D eigenvalue weighted by atomic mass is 9.84. The van der Waals surface area contributed by atoms with Crippen LogP contribution in [-0.4, -0.2) is 22.4 Å². The normalized spacial score (nSPS) is 12.3. The van der Waals surface area contributed by atoms with E-state index in [9.17, 15) is 24.5 Å². The Kier molecular flexibility index (Phi) is 4.29. The lowest BCUT2D eigenvalue weighted by molar-refractivity contribution is -0.380. The van der Waals surface area contributed by atoms with Gasteiger partial charge in [0.05, 0.1) is 20.5 Å². The summed E-state index contributed by atoms with van der Waals surface area (Å²) in [7, 11) is 0. The van der Waals surface area contributed by atoms with Crippen molar-refractivity contribution in [3.8, 4) is 0 Å². The van der Waals surface area contributed by atoms with Crippen LogP contribution in [0.1, 0.15) is 41.5 Å². The van der Waals surface area contributed by atoms with E-state index in [2.05, 4.69) is 5.32 Å². The van der Waals surface area contributed by atoms with Gasteiger partial charge >= 0.3 is 5.00 Å². The van der Waals surface area contributed by atoms with E-state index < -0.39 is 10.8 Å². The van der Waals surface area contributed by atoms with Crippen LogP contribution in [0.5, 0.6) is 0 Å². The van der Waals surface area contributed by atoms with Gasteiger partial charge in [-0.15, -0.1) is 0 Å². The van der Waals surface area contributed by atoms with E-state index in [1.807, 2.05) is 0 Å². The molecule has 1 amide bonds. The van der Waals surface area contributed by atoms with Gasteiger partial charge in [-0.1, -0.05) is 47.2 Å². The first-order valence-corrected chi connectivity index (χ1v) is 9.14. The van der Waals surface area contributed by atoms with Crippen molar-refractivity contribution in [2.75, 3.05) is 5.32 Å². The number of thiophene rings is 1. The summed E-state index contributed by atoms with van der Waals surface area (Å²) in [6.45, 7) is 0. The van der Waals surface area contributed by atoms with Crippen molar-refractivity contribution >= 4 is 51.1 Å². The van der Waals surface area contributed by atoms with E-state index in [1.54, 1.807) is 24.3 Å². The first-order chi connectivity index (χ1) is 13.4. The van der Waals surface area contributed by atoms with E-state index in [4.69, 9.17) is 11.6 Å². The average molecular weight is 413 g/mol. The summed E-state index contributed by atoms with van der Waals surface area (Å²) in [4.78, 5) is 48.1. The maximum atomic E-state index is 12.8. The van der Waals surface area contributed by atoms with E-state index in [1.165, 1.54) is 24.3 Å². The SMILES string of the molecule is O=C(Nc1cc2c(cc1Cl)C(=O)c1ccccc1C2=O)c1ccc([N+](=O)[O-])s1. The molecule has 1 N–H and O–H groups in total. The van der Waals surface area contributed by atoms with Crippen molar-refractivity contribution in [2.24, 2.45) is 0 Å². The molecule has 7 nitrogen and oxygen atoms in total. The lowest BCUT2D eigenvalue weighted by Gasteiger charge is -2.19. The molecule has 0 bridgehead atoms. The monoisotopic (exact) mass is 412 g/mol. The lowest BCUT2D eigenvalue weighted by Crippen LogP contribution is -2.21.